The molecule has 5 heteroatoms. The molecular formula is C20H22N2O3. The molecule has 1 heterocycles. The Morgan fingerprint density at radius 1 is 1.12 bits per heavy atom. The van der Waals surface area contributed by atoms with Crippen molar-refractivity contribution in [3.63, 3.8) is 0 Å². The molecule has 130 valence electrons. The second-order valence-corrected chi connectivity index (χ2v) is 6.93. The SMILES string of the molecule is Cc1nn(C(=O)OC(C)(C)C)c2cc(OCc3ccccc3)ccc12. The van der Waals surface area contributed by atoms with Gasteiger partial charge in [0.15, 0.2) is 0 Å². The number of rotatable bonds is 3. The number of aromatic nitrogens is 2. The topological polar surface area (TPSA) is 53.4 Å². The van der Waals surface area contributed by atoms with Gasteiger partial charge in [-0.15, -0.1) is 0 Å². The number of ether oxygens (including phenoxy) is 2. The van der Waals surface area contributed by atoms with Crippen LogP contribution in [0.3, 0.4) is 0 Å². The van der Waals surface area contributed by atoms with E-state index in [-0.39, 0.29) is 0 Å². The Kier molecular flexibility index (Phi) is 4.49. The molecule has 0 radical (unpaired) electrons. The third kappa shape index (κ3) is 3.99. The van der Waals surface area contributed by atoms with Crippen molar-refractivity contribution >= 4 is 17.0 Å². The van der Waals surface area contributed by atoms with Crippen molar-refractivity contribution in [2.75, 3.05) is 0 Å². The molecule has 3 aromatic rings. The van der Waals surface area contributed by atoms with Gasteiger partial charge in [-0.3, -0.25) is 0 Å². The van der Waals surface area contributed by atoms with Gasteiger partial charge in [-0.1, -0.05) is 30.3 Å². The Morgan fingerprint density at radius 3 is 2.52 bits per heavy atom. The molecule has 5 nitrogen and oxygen atoms in total. The van der Waals surface area contributed by atoms with Crippen LogP contribution in [0.25, 0.3) is 10.9 Å². The summed E-state index contributed by atoms with van der Waals surface area (Å²) >= 11 is 0. The van der Waals surface area contributed by atoms with Gasteiger partial charge in [0.1, 0.15) is 18.0 Å². The molecule has 0 aliphatic rings. The molecule has 2 aromatic carbocycles. The van der Waals surface area contributed by atoms with E-state index in [0.29, 0.717) is 17.9 Å². The lowest BCUT2D eigenvalue weighted by atomic mass is 10.2. The maximum absolute atomic E-state index is 12.4. The molecule has 0 spiro atoms. The van der Waals surface area contributed by atoms with Crippen LogP contribution in [0.5, 0.6) is 5.75 Å². The van der Waals surface area contributed by atoms with Crippen LogP contribution in [-0.4, -0.2) is 21.5 Å². The highest BCUT2D eigenvalue weighted by atomic mass is 16.6. The van der Waals surface area contributed by atoms with Gasteiger partial charge < -0.3 is 9.47 Å². The van der Waals surface area contributed by atoms with E-state index in [1.54, 1.807) is 0 Å². The number of fused-ring (bicyclic) bond motifs is 1. The van der Waals surface area contributed by atoms with Gasteiger partial charge in [-0.05, 0) is 45.4 Å². The molecule has 0 saturated heterocycles. The highest BCUT2D eigenvalue weighted by Gasteiger charge is 2.21. The van der Waals surface area contributed by atoms with Crippen molar-refractivity contribution in [2.24, 2.45) is 0 Å². The van der Waals surface area contributed by atoms with Crippen LogP contribution in [0.4, 0.5) is 4.79 Å². The molecule has 3 rings (SSSR count). The zero-order valence-corrected chi connectivity index (χ0v) is 14.9. The molecule has 0 unspecified atom stereocenters. The Bertz CT molecular complexity index is 892. The van der Waals surface area contributed by atoms with Crippen LogP contribution in [0.15, 0.2) is 48.5 Å². The molecular weight excluding hydrogens is 316 g/mol. The van der Waals surface area contributed by atoms with Crippen LogP contribution >= 0.6 is 0 Å². The molecule has 0 saturated carbocycles. The molecule has 25 heavy (non-hydrogen) atoms. The predicted molar refractivity (Wildman–Crippen MR) is 96.9 cm³/mol. The van der Waals surface area contributed by atoms with Crippen LogP contribution < -0.4 is 4.74 Å². The number of carbonyl (C=O) groups excluding carboxylic acids is 1. The fraction of sp³-hybridized carbons (Fsp3) is 0.300. The van der Waals surface area contributed by atoms with E-state index in [2.05, 4.69) is 5.10 Å². The molecule has 0 amide bonds. The first-order valence-electron chi connectivity index (χ1n) is 8.23. The van der Waals surface area contributed by atoms with Crippen molar-refractivity contribution in [2.45, 2.75) is 39.9 Å². The summed E-state index contributed by atoms with van der Waals surface area (Å²) in [4.78, 5) is 12.4. The number of hydrogen-bond acceptors (Lipinski definition) is 4. The first-order valence-corrected chi connectivity index (χ1v) is 8.23. The first-order chi connectivity index (χ1) is 11.8. The zero-order chi connectivity index (χ0) is 18.0. The summed E-state index contributed by atoms with van der Waals surface area (Å²) in [6.45, 7) is 7.83. The van der Waals surface area contributed by atoms with E-state index in [0.717, 1.165) is 16.6 Å². The average molecular weight is 338 g/mol. The summed E-state index contributed by atoms with van der Waals surface area (Å²) in [7, 11) is 0. The lowest BCUT2D eigenvalue weighted by Gasteiger charge is -2.19. The van der Waals surface area contributed by atoms with E-state index >= 15 is 0 Å². The minimum Gasteiger partial charge on any atom is -0.489 e. The van der Waals surface area contributed by atoms with Gasteiger partial charge in [-0.2, -0.15) is 9.78 Å². The number of carbonyl (C=O) groups is 1. The highest BCUT2D eigenvalue weighted by Crippen LogP contribution is 2.25. The molecule has 1 aromatic heterocycles. The minimum atomic E-state index is -0.579. The fourth-order valence-electron chi connectivity index (χ4n) is 2.53. The molecule has 0 fully saturated rings. The number of hydrogen-bond donors (Lipinski definition) is 0. The Balaban J connectivity index is 1.88. The quantitative estimate of drug-likeness (QED) is 0.694. The third-order valence-corrected chi connectivity index (χ3v) is 3.65. The Labute approximate surface area is 147 Å². The number of benzene rings is 2. The van der Waals surface area contributed by atoms with Crippen LogP contribution in [-0.2, 0) is 11.3 Å². The lowest BCUT2D eigenvalue weighted by Crippen LogP contribution is -2.27. The van der Waals surface area contributed by atoms with Gasteiger partial charge in [0.05, 0.1) is 11.2 Å². The highest BCUT2D eigenvalue weighted by molar-refractivity contribution is 5.90. The van der Waals surface area contributed by atoms with Crippen LogP contribution in [0.1, 0.15) is 32.0 Å². The summed E-state index contributed by atoms with van der Waals surface area (Å²) in [5, 5.41) is 5.22. The standard InChI is InChI=1S/C20H22N2O3/c1-14-17-11-10-16(24-13-15-8-6-5-7-9-15)12-18(17)22(21-14)19(23)25-20(2,3)4/h5-12H,13H2,1-4H3. The van der Waals surface area contributed by atoms with Gasteiger partial charge >= 0.3 is 6.09 Å². The van der Waals surface area contributed by atoms with Crippen molar-refractivity contribution in [1.82, 2.24) is 9.78 Å². The number of aryl methyl sites for hydroxylation is 1. The van der Waals surface area contributed by atoms with E-state index in [1.165, 1.54) is 4.68 Å². The lowest BCUT2D eigenvalue weighted by molar-refractivity contribution is 0.0522. The van der Waals surface area contributed by atoms with Gasteiger partial charge in [0, 0.05) is 11.5 Å². The van der Waals surface area contributed by atoms with Gasteiger partial charge in [-0.25, -0.2) is 4.79 Å². The summed E-state index contributed by atoms with van der Waals surface area (Å²) in [6.07, 6.45) is -0.495. The van der Waals surface area contributed by atoms with Crippen molar-refractivity contribution < 1.29 is 14.3 Å². The number of nitrogens with zero attached hydrogens (tertiary/aromatic N) is 2. The van der Waals surface area contributed by atoms with E-state index < -0.39 is 11.7 Å². The second-order valence-electron chi connectivity index (χ2n) is 6.93. The summed E-state index contributed by atoms with van der Waals surface area (Å²) in [5.74, 6) is 0.682. The average Bonchev–Trinajstić information content (AvgIpc) is 2.89. The molecule has 0 N–H and O–H groups in total. The zero-order valence-electron chi connectivity index (χ0n) is 14.9. The van der Waals surface area contributed by atoms with Crippen LogP contribution in [0, 0.1) is 6.92 Å². The summed E-state index contributed by atoms with van der Waals surface area (Å²) in [6, 6.07) is 15.6. The normalized spacial score (nSPS) is 11.5. The molecule has 0 aliphatic carbocycles. The van der Waals surface area contributed by atoms with E-state index in [9.17, 15) is 4.79 Å². The van der Waals surface area contributed by atoms with Crippen LogP contribution in [0.2, 0.25) is 0 Å². The van der Waals surface area contributed by atoms with Gasteiger partial charge in [0.2, 0.25) is 0 Å². The van der Waals surface area contributed by atoms with E-state index in [4.69, 9.17) is 9.47 Å². The van der Waals surface area contributed by atoms with Crippen molar-refractivity contribution in [1.29, 1.82) is 0 Å². The summed E-state index contributed by atoms with van der Waals surface area (Å²) < 4.78 is 12.6. The van der Waals surface area contributed by atoms with Gasteiger partial charge in [0.25, 0.3) is 0 Å². The largest absolute Gasteiger partial charge is 0.489 e. The monoisotopic (exact) mass is 338 g/mol. The second kappa shape index (κ2) is 6.59. The maximum atomic E-state index is 12.4. The minimum absolute atomic E-state index is 0.464. The first kappa shape index (κ1) is 17.0. The van der Waals surface area contributed by atoms with Crippen molar-refractivity contribution in [3.05, 3.63) is 59.8 Å². The smallest absolute Gasteiger partial charge is 0.435 e. The predicted octanol–water partition coefficient (Wildman–Crippen LogP) is 4.71. The Morgan fingerprint density at radius 2 is 1.84 bits per heavy atom. The summed E-state index contributed by atoms with van der Waals surface area (Å²) in [5.41, 5.74) is 1.96. The molecule has 0 bridgehead atoms. The molecule has 0 aliphatic heterocycles. The Hall–Kier alpha value is -2.82. The fourth-order valence-corrected chi connectivity index (χ4v) is 2.53. The van der Waals surface area contributed by atoms with E-state index in [1.807, 2.05) is 76.2 Å². The van der Waals surface area contributed by atoms with Crippen molar-refractivity contribution in [3.8, 4) is 5.75 Å². The maximum Gasteiger partial charge on any atom is 0.435 e. The third-order valence-electron chi connectivity index (χ3n) is 3.65. The molecule has 0 atom stereocenters.